The highest BCUT2D eigenvalue weighted by molar-refractivity contribution is 5.82. The Balaban J connectivity index is 3.00. The van der Waals surface area contributed by atoms with Crippen molar-refractivity contribution in [2.75, 3.05) is 0 Å². The lowest BCUT2D eigenvalue weighted by Crippen LogP contribution is -2.05. The van der Waals surface area contributed by atoms with E-state index in [9.17, 15) is 10.2 Å². The molecule has 0 heterocycles. The number of phenols is 2. The molecule has 2 aromatic carbocycles. The van der Waals surface area contributed by atoms with Crippen molar-refractivity contribution in [3.8, 4) is 22.6 Å². The summed E-state index contributed by atoms with van der Waals surface area (Å²) in [4.78, 5) is 0. The van der Waals surface area contributed by atoms with E-state index < -0.39 is 0 Å². The third-order valence-electron chi connectivity index (χ3n) is 5.60. The fourth-order valence-electron chi connectivity index (χ4n) is 4.12. The minimum atomic E-state index is 0.436. The summed E-state index contributed by atoms with van der Waals surface area (Å²) < 4.78 is 0. The molecule has 142 valence electrons. The Morgan fingerprint density at radius 3 is 1.04 bits per heavy atom. The molecular weight excluding hydrogens is 320 g/mol. The van der Waals surface area contributed by atoms with Crippen molar-refractivity contribution in [2.24, 2.45) is 0 Å². The van der Waals surface area contributed by atoms with Crippen LogP contribution in [0.4, 0.5) is 0 Å². The van der Waals surface area contributed by atoms with Gasteiger partial charge in [-0.05, 0) is 71.9 Å². The fourth-order valence-corrected chi connectivity index (χ4v) is 4.12. The first-order valence-corrected chi connectivity index (χ1v) is 10.2. The van der Waals surface area contributed by atoms with Crippen molar-refractivity contribution >= 4 is 0 Å². The molecule has 0 aliphatic carbocycles. The lowest BCUT2D eigenvalue weighted by molar-refractivity contribution is 0.460. The first kappa shape index (κ1) is 20.4. The molecule has 0 aromatic heterocycles. The predicted molar refractivity (Wildman–Crippen MR) is 111 cm³/mol. The van der Waals surface area contributed by atoms with Gasteiger partial charge in [-0.25, -0.2) is 0 Å². The molecule has 2 rings (SSSR count). The van der Waals surface area contributed by atoms with E-state index in [1.807, 2.05) is 0 Å². The zero-order valence-electron chi connectivity index (χ0n) is 17.3. The summed E-state index contributed by atoms with van der Waals surface area (Å²) in [5, 5.41) is 21.8. The maximum Gasteiger partial charge on any atom is 0.122 e. The summed E-state index contributed by atoms with van der Waals surface area (Å²) in [5.74, 6) is 0.871. The topological polar surface area (TPSA) is 40.5 Å². The van der Waals surface area contributed by atoms with Gasteiger partial charge >= 0.3 is 0 Å². The molecule has 0 fully saturated rings. The van der Waals surface area contributed by atoms with Crippen LogP contribution in [-0.4, -0.2) is 10.2 Å². The average Bonchev–Trinajstić information content (AvgIpc) is 2.67. The van der Waals surface area contributed by atoms with Crippen LogP contribution in [0.5, 0.6) is 11.5 Å². The molecule has 26 heavy (non-hydrogen) atoms. The predicted octanol–water partition coefficient (Wildman–Crippen LogP) is 6.14. The summed E-state index contributed by atoms with van der Waals surface area (Å²) in [6, 6.07) is 4.32. The third kappa shape index (κ3) is 3.34. The highest BCUT2D eigenvalue weighted by Crippen LogP contribution is 2.44. The number of aryl methyl sites for hydroxylation is 4. The van der Waals surface area contributed by atoms with Crippen LogP contribution in [0.1, 0.15) is 74.9 Å². The average molecular weight is 355 g/mol. The molecule has 2 heteroatoms. The van der Waals surface area contributed by atoms with E-state index in [0.29, 0.717) is 11.5 Å². The van der Waals surface area contributed by atoms with Crippen molar-refractivity contribution in [1.29, 1.82) is 0 Å². The molecule has 0 unspecified atom stereocenters. The molecule has 0 atom stereocenters. The maximum atomic E-state index is 10.9. The summed E-state index contributed by atoms with van der Waals surface area (Å²) in [6.07, 6.45) is 5.05. The highest BCUT2D eigenvalue weighted by atomic mass is 16.3. The maximum absolute atomic E-state index is 10.9. The van der Waals surface area contributed by atoms with Gasteiger partial charge in [-0.1, -0.05) is 53.7 Å². The van der Waals surface area contributed by atoms with Gasteiger partial charge in [0.25, 0.3) is 0 Å². The van der Waals surface area contributed by atoms with Crippen LogP contribution in [0.15, 0.2) is 12.1 Å². The van der Waals surface area contributed by atoms with Gasteiger partial charge in [0.2, 0.25) is 0 Å². The Morgan fingerprint density at radius 1 is 0.500 bits per heavy atom. The van der Waals surface area contributed by atoms with E-state index in [-0.39, 0.29) is 0 Å². The summed E-state index contributed by atoms with van der Waals surface area (Å²) in [5.41, 5.74) is 8.92. The largest absolute Gasteiger partial charge is 0.507 e. The van der Waals surface area contributed by atoms with Crippen molar-refractivity contribution in [1.82, 2.24) is 0 Å². The zero-order chi connectivity index (χ0) is 19.4. The standard InChI is InChI=1S/C24H34O2/c1-7-15-13-17(9-3)23(25)19(11-5)21(15)22-16(8-2)14-18(10-4)24(26)20(22)12-6/h13-14,25-26H,7-12H2,1-6H3. The first-order chi connectivity index (χ1) is 12.5. The second-order valence-corrected chi connectivity index (χ2v) is 6.92. The Morgan fingerprint density at radius 2 is 0.808 bits per heavy atom. The molecule has 0 amide bonds. The van der Waals surface area contributed by atoms with Crippen LogP contribution in [0.3, 0.4) is 0 Å². The van der Waals surface area contributed by atoms with Crippen molar-refractivity contribution < 1.29 is 10.2 Å². The second kappa shape index (κ2) is 8.62. The van der Waals surface area contributed by atoms with Gasteiger partial charge in [0.15, 0.2) is 0 Å². The number of rotatable bonds is 7. The molecule has 0 bridgehead atoms. The van der Waals surface area contributed by atoms with Crippen LogP contribution in [0.2, 0.25) is 0 Å². The summed E-state index contributed by atoms with van der Waals surface area (Å²) >= 11 is 0. The number of benzene rings is 2. The zero-order valence-corrected chi connectivity index (χ0v) is 17.3. The molecular formula is C24H34O2. The van der Waals surface area contributed by atoms with Crippen LogP contribution in [0, 0.1) is 0 Å². The Labute approximate surface area is 158 Å². The van der Waals surface area contributed by atoms with E-state index in [1.165, 1.54) is 11.1 Å². The molecule has 0 saturated carbocycles. The van der Waals surface area contributed by atoms with Gasteiger partial charge in [0.05, 0.1) is 0 Å². The molecule has 2 nitrogen and oxygen atoms in total. The molecule has 0 spiro atoms. The lowest BCUT2D eigenvalue weighted by Gasteiger charge is -2.24. The molecule has 0 aliphatic rings. The molecule has 0 saturated heterocycles. The Bertz CT molecular complexity index is 720. The van der Waals surface area contributed by atoms with Crippen LogP contribution in [-0.2, 0) is 38.5 Å². The lowest BCUT2D eigenvalue weighted by atomic mass is 9.81. The summed E-state index contributed by atoms with van der Waals surface area (Å²) in [6.45, 7) is 12.7. The van der Waals surface area contributed by atoms with Gasteiger partial charge in [0, 0.05) is 11.1 Å². The molecule has 2 N–H and O–H groups in total. The Kier molecular flexibility index (Phi) is 6.75. The third-order valence-corrected chi connectivity index (χ3v) is 5.60. The smallest absolute Gasteiger partial charge is 0.122 e. The van der Waals surface area contributed by atoms with Gasteiger partial charge in [0.1, 0.15) is 11.5 Å². The van der Waals surface area contributed by atoms with Gasteiger partial charge < -0.3 is 10.2 Å². The normalized spacial score (nSPS) is 11.2. The fraction of sp³-hybridized carbons (Fsp3) is 0.500. The minimum absolute atomic E-state index is 0.436. The van der Waals surface area contributed by atoms with E-state index >= 15 is 0 Å². The number of aromatic hydroxyl groups is 2. The number of phenolic OH excluding ortho intramolecular Hbond substituents is 2. The Hall–Kier alpha value is -1.96. The van der Waals surface area contributed by atoms with Crippen LogP contribution in [0.25, 0.3) is 11.1 Å². The van der Waals surface area contributed by atoms with Crippen molar-refractivity contribution in [3.63, 3.8) is 0 Å². The molecule has 0 aliphatic heterocycles. The van der Waals surface area contributed by atoms with Crippen LogP contribution >= 0.6 is 0 Å². The van der Waals surface area contributed by atoms with Crippen molar-refractivity contribution in [2.45, 2.75) is 80.1 Å². The number of hydrogen-bond acceptors (Lipinski definition) is 2. The van der Waals surface area contributed by atoms with E-state index in [4.69, 9.17) is 0 Å². The monoisotopic (exact) mass is 354 g/mol. The van der Waals surface area contributed by atoms with Crippen molar-refractivity contribution in [3.05, 3.63) is 45.5 Å². The van der Waals surface area contributed by atoms with E-state index in [1.54, 1.807) is 0 Å². The van der Waals surface area contributed by atoms with E-state index in [0.717, 1.165) is 71.9 Å². The molecule has 0 radical (unpaired) electrons. The minimum Gasteiger partial charge on any atom is -0.507 e. The SMILES string of the molecule is CCc1cc(CC)c(-c2c(CC)cc(CC)c(O)c2CC)c(CC)c1O. The second-order valence-electron chi connectivity index (χ2n) is 6.92. The highest BCUT2D eigenvalue weighted by Gasteiger charge is 2.23. The van der Waals surface area contributed by atoms with Gasteiger partial charge in [-0.3, -0.25) is 0 Å². The first-order valence-electron chi connectivity index (χ1n) is 10.2. The number of hydrogen-bond donors (Lipinski definition) is 2. The molecule has 2 aromatic rings. The quantitative estimate of drug-likeness (QED) is 0.627. The van der Waals surface area contributed by atoms with E-state index in [2.05, 4.69) is 53.7 Å². The van der Waals surface area contributed by atoms with Gasteiger partial charge in [-0.2, -0.15) is 0 Å². The van der Waals surface area contributed by atoms with Gasteiger partial charge in [-0.15, -0.1) is 0 Å². The van der Waals surface area contributed by atoms with Crippen LogP contribution < -0.4 is 0 Å². The summed E-state index contributed by atoms with van der Waals surface area (Å²) in [7, 11) is 0.